The summed E-state index contributed by atoms with van der Waals surface area (Å²) in [5.74, 6) is -3.30. The van der Waals surface area contributed by atoms with Crippen LogP contribution in [-0.2, 0) is 9.53 Å². The molecule has 0 aromatic heterocycles. The molecule has 0 unspecified atom stereocenters. The van der Waals surface area contributed by atoms with Gasteiger partial charge in [-0.2, -0.15) is 10.5 Å². The summed E-state index contributed by atoms with van der Waals surface area (Å²) in [4.78, 5) is 35.2. The molecular formula is C25H22N2O8. The van der Waals surface area contributed by atoms with E-state index in [1.165, 1.54) is 45.6 Å². The first-order valence-electron chi connectivity index (χ1n) is 10.2. The predicted molar refractivity (Wildman–Crippen MR) is 122 cm³/mol. The van der Waals surface area contributed by atoms with Gasteiger partial charge < -0.3 is 24.4 Å². The monoisotopic (exact) mass is 478 g/mol. The minimum atomic E-state index is -1.33. The molecule has 35 heavy (non-hydrogen) atoms. The second-order valence-electron chi connectivity index (χ2n) is 7.13. The van der Waals surface area contributed by atoms with Gasteiger partial charge in [-0.3, -0.25) is 4.79 Å². The van der Waals surface area contributed by atoms with Crippen molar-refractivity contribution in [3.8, 4) is 23.6 Å². The number of hydrogen-bond acceptors (Lipinski definition) is 8. The molecule has 0 heterocycles. The average Bonchev–Trinajstić information content (AvgIpc) is 2.86. The maximum atomic E-state index is 11.9. The van der Waals surface area contributed by atoms with Crippen LogP contribution >= 0.6 is 0 Å². The third kappa shape index (κ3) is 5.95. The van der Waals surface area contributed by atoms with Crippen LogP contribution in [0.3, 0.4) is 0 Å². The Morgan fingerprint density at radius 2 is 1.31 bits per heavy atom. The quantitative estimate of drug-likeness (QED) is 0.380. The van der Waals surface area contributed by atoms with E-state index < -0.39 is 17.9 Å². The molecule has 0 amide bonds. The van der Waals surface area contributed by atoms with Crippen molar-refractivity contribution in [3.05, 3.63) is 63.7 Å². The van der Waals surface area contributed by atoms with Crippen molar-refractivity contribution in [1.29, 1.82) is 10.5 Å². The minimum Gasteiger partial charge on any atom is -0.494 e. The van der Waals surface area contributed by atoms with E-state index in [4.69, 9.17) is 9.47 Å². The molecule has 0 saturated heterocycles. The summed E-state index contributed by atoms with van der Waals surface area (Å²) in [6.45, 7) is 0. The van der Waals surface area contributed by atoms with Crippen LogP contribution < -0.4 is 9.47 Å². The van der Waals surface area contributed by atoms with E-state index in [-0.39, 0.29) is 51.3 Å². The third-order valence-corrected chi connectivity index (χ3v) is 5.07. The van der Waals surface area contributed by atoms with Crippen LogP contribution in [0.15, 0.2) is 30.3 Å². The number of ether oxygens (including phenoxy) is 3. The number of nitrogens with zero attached hydrogens (tertiary/aromatic N) is 2. The summed E-state index contributed by atoms with van der Waals surface area (Å²) >= 11 is 0. The number of benzene rings is 2. The largest absolute Gasteiger partial charge is 0.494 e. The maximum absolute atomic E-state index is 11.9. The first kappa shape index (κ1) is 26.4. The summed E-state index contributed by atoms with van der Waals surface area (Å²) in [5, 5.41) is 38.5. The number of carbonyl (C=O) groups excluding carboxylic acids is 1. The Morgan fingerprint density at radius 1 is 0.857 bits per heavy atom. The van der Waals surface area contributed by atoms with Crippen molar-refractivity contribution >= 4 is 23.5 Å². The van der Waals surface area contributed by atoms with Crippen LogP contribution in [0.2, 0.25) is 0 Å². The Morgan fingerprint density at radius 3 is 1.66 bits per heavy atom. The van der Waals surface area contributed by atoms with Crippen molar-refractivity contribution in [2.45, 2.75) is 19.3 Å². The third-order valence-electron chi connectivity index (χ3n) is 5.07. The molecule has 0 radical (unpaired) electrons. The van der Waals surface area contributed by atoms with Gasteiger partial charge in [0.1, 0.15) is 23.3 Å². The molecule has 10 heteroatoms. The topological polar surface area (TPSA) is 167 Å². The number of carboxylic acid groups (broad SMARTS) is 2. The number of unbranched alkanes of at least 4 members (excludes halogenated alkanes) is 1. The highest BCUT2D eigenvalue weighted by atomic mass is 16.5. The van der Waals surface area contributed by atoms with Gasteiger partial charge in [0.25, 0.3) is 0 Å². The van der Waals surface area contributed by atoms with Crippen molar-refractivity contribution in [2.75, 3.05) is 21.3 Å². The molecule has 2 aromatic rings. The van der Waals surface area contributed by atoms with Crippen molar-refractivity contribution in [3.63, 3.8) is 0 Å². The van der Waals surface area contributed by atoms with Gasteiger partial charge in [0, 0.05) is 6.42 Å². The number of allylic oxidation sites excluding steroid dienone is 1. The standard InChI is InChI=1S/C25H22N2O8/c1-33-21(28)7-5-4-6-18(14-8-16(12-26)22(34-2)19(10-14)24(29)30)15-9-17(13-27)23(35-3)20(11-15)25(31)32/h6,8-11H,4-5,7H2,1-3H3,(H,29,30)(H,31,32). The highest BCUT2D eigenvalue weighted by Crippen LogP contribution is 2.35. The Balaban J connectivity index is 2.81. The zero-order valence-electron chi connectivity index (χ0n) is 19.2. The van der Waals surface area contributed by atoms with Crippen LogP contribution in [-0.4, -0.2) is 49.5 Å². The smallest absolute Gasteiger partial charge is 0.339 e. The fourth-order valence-corrected chi connectivity index (χ4v) is 3.49. The summed E-state index contributed by atoms with van der Waals surface area (Å²) in [7, 11) is 3.76. The number of esters is 1. The van der Waals surface area contributed by atoms with Crippen molar-refractivity contribution in [2.24, 2.45) is 0 Å². The zero-order valence-corrected chi connectivity index (χ0v) is 19.2. The Bertz CT molecular complexity index is 1200. The van der Waals surface area contributed by atoms with Gasteiger partial charge in [0.05, 0.1) is 32.5 Å². The molecule has 2 N–H and O–H groups in total. The molecule has 0 aliphatic carbocycles. The summed E-state index contributed by atoms with van der Waals surface area (Å²) in [6, 6.07) is 9.23. The van der Waals surface area contributed by atoms with Crippen LogP contribution in [0.4, 0.5) is 0 Å². The van der Waals surface area contributed by atoms with Gasteiger partial charge in [0.2, 0.25) is 0 Å². The summed E-state index contributed by atoms with van der Waals surface area (Å²) in [5.41, 5.74) is 0.291. The number of nitriles is 2. The lowest BCUT2D eigenvalue weighted by atomic mass is 9.90. The second kappa shape index (κ2) is 11.9. The number of aromatic carboxylic acids is 2. The number of rotatable bonds is 10. The number of hydrogen-bond donors (Lipinski definition) is 2. The average molecular weight is 478 g/mol. The molecule has 10 nitrogen and oxygen atoms in total. The fourth-order valence-electron chi connectivity index (χ4n) is 3.49. The Kier molecular flexibility index (Phi) is 8.96. The normalized spacial score (nSPS) is 9.86. The van der Waals surface area contributed by atoms with Crippen LogP contribution in [0.1, 0.15) is 62.2 Å². The minimum absolute atomic E-state index is 0.0460. The van der Waals surface area contributed by atoms with Gasteiger partial charge in [-0.25, -0.2) is 9.59 Å². The van der Waals surface area contributed by atoms with Crippen molar-refractivity contribution in [1.82, 2.24) is 0 Å². The van der Waals surface area contributed by atoms with E-state index in [9.17, 15) is 35.1 Å². The van der Waals surface area contributed by atoms with Crippen LogP contribution in [0.5, 0.6) is 11.5 Å². The number of carbonyl (C=O) groups is 3. The molecule has 2 rings (SSSR count). The number of carboxylic acids is 2. The van der Waals surface area contributed by atoms with Crippen molar-refractivity contribution < 1.29 is 38.8 Å². The van der Waals surface area contributed by atoms with Crippen LogP contribution in [0.25, 0.3) is 5.57 Å². The van der Waals surface area contributed by atoms with E-state index >= 15 is 0 Å². The van der Waals surface area contributed by atoms with E-state index in [0.29, 0.717) is 18.4 Å². The van der Waals surface area contributed by atoms with Gasteiger partial charge in [0.15, 0.2) is 11.5 Å². The highest BCUT2D eigenvalue weighted by molar-refractivity contribution is 5.97. The number of methoxy groups -OCH3 is 3. The molecule has 0 aliphatic heterocycles. The first-order valence-corrected chi connectivity index (χ1v) is 10.2. The van der Waals surface area contributed by atoms with E-state index in [2.05, 4.69) is 4.74 Å². The fraction of sp³-hybridized carbons (Fsp3) is 0.240. The molecule has 0 spiro atoms. The molecule has 0 bridgehead atoms. The molecule has 0 fully saturated rings. The lowest BCUT2D eigenvalue weighted by molar-refractivity contribution is -0.140. The lowest BCUT2D eigenvalue weighted by Crippen LogP contribution is -2.06. The SMILES string of the molecule is COC(=O)CCCC=C(c1cc(C#N)c(OC)c(C(=O)O)c1)c1cc(C#N)c(OC)c(C(=O)O)c1. The van der Waals surface area contributed by atoms with Gasteiger partial charge in [-0.15, -0.1) is 0 Å². The molecule has 0 saturated carbocycles. The van der Waals surface area contributed by atoms with Gasteiger partial charge in [-0.05, 0) is 53.8 Å². The molecule has 0 atom stereocenters. The maximum Gasteiger partial charge on any atom is 0.339 e. The highest BCUT2D eigenvalue weighted by Gasteiger charge is 2.22. The van der Waals surface area contributed by atoms with Gasteiger partial charge in [-0.1, -0.05) is 6.08 Å². The van der Waals surface area contributed by atoms with Gasteiger partial charge >= 0.3 is 17.9 Å². The van der Waals surface area contributed by atoms with Crippen LogP contribution in [0, 0.1) is 22.7 Å². The summed E-state index contributed by atoms with van der Waals surface area (Å²) < 4.78 is 14.9. The Hall–Kier alpha value is -4.83. The predicted octanol–water partition coefficient (Wildman–Crippen LogP) is 3.62. The molecule has 2 aromatic carbocycles. The zero-order chi connectivity index (χ0) is 26.1. The summed E-state index contributed by atoms with van der Waals surface area (Å²) in [6.07, 6.45) is 2.51. The van der Waals surface area contributed by atoms with E-state index in [0.717, 1.165) is 0 Å². The van der Waals surface area contributed by atoms with E-state index in [1.54, 1.807) is 6.08 Å². The molecular weight excluding hydrogens is 456 g/mol. The Labute approximate surface area is 201 Å². The molecule has 180 valence electrons. The second-order valence-corrected chi connectivity index (χ2v) is 7.13. The molecule has 0 aliphatic rings. The first-order chi connectivity index (χ1) is 16.7. The van der Waals surface area contributed by atoms with E-state index in [1.807, 2.05) is 12.1 Å². The lowest BCUT2D eigenvalue weighted by Gasteiger charge is -2.16.